The van der Waals surface area contributed by atoms with Crippen molar-refractivity contribution in [3.05, 3.63) is 69.5 Å². The Balaban J connectivity index is 1.91. The fourth-order valence-corrected chi connectivity index (χ4v) is 2.22. The molecule has 0 saturated heterocycles. The Morgan fingerprint density at radius 3 is 2.65 bits per heavy atom. The number of carbonyl (C=O) groups is 1. The van der Waals surface area contributed by atoms with Gasteiger partial charge in [0.2, 0.25) is 0 Å². The monoisotopic (exact) mass is 311 g/mol. The van der Waals surface area contributed by atoms with Crippen molar-refractivity contribution in [3.8, 4) is 0 Å². The first-order valence-electron chi connectivity index (χ1n) is 6.04. The Hall–Kier alpha value is -1.58. The molecule has 2 aromatic carbocycles. The van der Waals surface area contributed by atoms with Crippen LogP contribution < -0.4 is 5.32 Å². The van der Waals surface area contributed by atoms with Crippen LogP contribution in [0.2, 0.25) is 10.0 Å². The first-order chi connectivity index (χ1) is 9.56. The van der Waals surface area contributed by atoms with Crippen molar-refractivity contribution in [3.63, 3.8) is 0 Å². The van der Waals surface area contributed by atoms with E-state index in [1.54, 1.807) is 30.3 Å². The second kappa shape index (κ2) is 6.73. The van der Waals surface area contributed by atoms with Crippen LogP contribution in [-0.2, 0) is 6.42 Å². The molecule has 2 rings (SSSR count). The Bertz CT molecular complexity index is 631. The van der Waals surface area contributed by atoms with E-state index in [0.29, 0.717) is 28.6 Å². The molecule has 1 amide bonds. The van der Waals surface area contributed by atoms with Crippen LogP contribution in [-0.4, -0.2) is 12.5 Å². The Morgan fingerprint density at radius 2 is 1.95 bits per heavy atom. The van der Waals surface area contributed by atoms with Gasteiger partial charge in [-0.1, -0.05) is 35.3 Å². The molecule has 0 aromatic heterocycles. The molecule has 0 fully saturated rings. The lowest BCUT2D eigenvalue weighted by molar-refractivity contribution is 0.0954. The minimum Gasteiger partial charge on any atom is -0.352 e. The number of carbonyl (C=O) groups excluding carboxylic acids is 1. The highest BCUT2D eigenvalue weighted by Gasteiger charge is 2.06. The molecule has 0 radical (unpaired) electrons. The topological polar surface area (TPSA) is 29.1 Å². The van der Waals surface area contributed by atoms with E-state index in [9.17, 15) is 9.18 Å². The van der Waals surface area contributed by atoms with E-state index in [-0.39, 0.29) is 11.7 Å². The number of rotatable bonds is 4. The van der Waals surface area contributed by atoms with Gasteiger partial charge in [0.1, 0.15) is 5.82 Å². The highest BCUT2D eigenvalue weighted by Crippen LogP contribution is 2.17. The van der Waals surface area contributed by atoms with Crippen molar-refractivity contribution in [1.29, 1.82) is 0 Å². The molecular formula is C15H12Cl2FNO. The predicted octanol–water partition coefficient (Wildman–Crippen LogP) is 4.11. The summed E-state index contributed by atoms with van der Waals surface area (Å²) in [5.74, 6) is -0.576. The van der Waals surface area contributed by atoms with Gasteiger partial charge >= 0.3 is 0 Å². The molecule has 0 heterocycles. The quantitative estimate of drug-likeness (QED) is 0.904. The van der Waals surface area contributed by atoms with Gasteiger partial charge in [0, 0.05) is 22.2 Å². The third kappa shape index (κ3) is 3.95. The molecular weight excluding hydrogens is 300 g/mol. The van der Waals surface area contributed by atoms with Gasteiger partial charge in [-0.05, 0) is 42.3 Å². The Kier molecular flexibility index (Phi) is 4.99. The number of halogens is 3. The molecule has 5 heteroatoms. The average molecular weight is 312 g/mol. The van der Waals surface area contributed by atoms with Gasteiger partial charge in [0.15, 0.2) is 0 Å². The van der Waals surface area contributed by atoms with Crippen molar-refractivity contribution < 1.29 is 9.18 Å². The normalized spacial score (nSPS) is 10.3. The lowest BCUT2D eigenvalue weighted by atomic mass is 10.1. The third-order valence-corrected chi connectivity index (χ3v) is 3.37. The Labute approximate surface area is 126 Å². The standard InChI is InChI=1S/C15H12Cl2FNO/c16-12-3-1-2-11(8-12)15(20)19-7-6-10-4-5-13(18)9-14(10)17/h1-5,8-9H,6-7H2,(H,19,20). The molecule has 0 saturated carbocycles. The largest absolute Gasteiger partial charge is 0.352 e. The van der Waals surface area contributed by atoms with Gasteiger partial charge in [-0.2, -0.15) is 0 Å². The summed E-state index contributed by atoms with van der Waals surface area (Å²) in [4.78, 5) is 11.9. The molecule has 0 aliphatic carbocycles. The summed E-state index contributed by atoms with van der Waals surface area (Å²) >= 11 is 11.7. The highest BCUT2D eigenvalue weighted by atomic mass is 35.5. The van der Waals surface area contributed by atoms with Crippen LogP contribution in [0.1, 0.15) is 15.9 Å². The van der Waals surface area contributed by atoms with Crippen molar-refractivity contribution in [1.82, 2.24) is 5.32 Å². The number of hydrogen-bond acceptors (Lipinski definition) is 1. The van der Waals surface area contributed by atoms with Gasteiger partial charge in [-0.3, -0.25) is 4.79 Å². The van der Waals surface area contributed by atoms with E-state index in [1.165, 1.54) is 12.1 Å². The zero-order valence-electron chi connectivity index (χ0n) is 10.5. The lowest BCUT2D eigenvalue weighted by Gasteiger charge is -2.07. The molecule has 104 valence electrons. The highest BCUT2D eigenvalue weighted by molar-refractivity contribution is 6.31. The molecule has 2 nitrogen and oxygen atoms in total. The second-order valence-corrected chi connectivity index (χ2v) is 5.10. The van der Waals surface area contributed by atoms with Gasteiger partial charge in [0.25, 0.3) is 5.91 Å². The third-order valence-electron chi connectivity index (χ3n) is 2.78. The predicted molar refractivity (Wildman–Crippen MR) is 78.9 cm³/mol. The molecule has 0 aliphatic rings. The van der Waals surface area contributed by atoms with Crippen LogP contribution in [0.4, 0.5) is 4.39 Å². The van der Waals surface area contributed by atoms with Crippen LogP contribution in [0.5, 0.6) is 0 Å². The summed E-state index contributed by atoms with van der Waals surface area (Å²) in [6.45, 7) is 0.413. The van der Waals surface area contributed by atoms with E-state index < -0.39 is 0 Å². The molecule has 1 N–H and O–H groups in total. The van der Waals surface area contributed by atoms with E-state index in [2.05, 4.69) is 5.32 Å². The van der Waals surface area contributed by atoms with Gasteiger partial charge in [-0.25, -0.2) is 4.39 Å². The molecule has 0 bridgehead atoms. The maximum atomic E-state index is 12.9. The van der Waals surface area contributed by atoms with Gasteiger partial charge < -0.3 is 5.32 Å². The number of nitrogens with one attached hydrogen (secondary N) is 1. The second-order valence-electron chi connectivity index (χ2n) is 4.25. The summed E-state index contributed by atoms with van der Waals surface area (Å²) in [6.07, 6.45) is 0.533. The van der Waals surface area contributed by atoms with Crippen molar-refractivity contribution in [2.75, 3.05) is 6.54 Å². The van der Waals surface area contributed by atoms with Gasteiger partial charge in [-0.15, -0.1) is 0 Å². The van der Waals surface area contributed by atoms with Crippen LogP contribution >= 0.6 is 23.2 Å². The van der Waals surface area contributed by atoms with Crippen LogP contribution in [0.25, 0.3) is 0 Å². The van der Waals surface area contributed by atoms with E-state index in [4.69, 9.17) is 23.2 Å². The SMILES string of the molecule is O=C(NCCc1ccc(F)cc1Cl)c1cccc(Cl)c1. The summed E-state index contributed by atoms with van der Waals surface area (Å²) in [5, 5.41) is 3.64. The zero-order valence-corrected chi connectivity index (χ0v) is 12.0. The van der Waals surface area contributed by atoms with E-state index >= 15 is 0 Å². The summed E-state index contributed by atoms with van der Waals surface area (Å²) in [6, 6.07) is 10.9. The number of amides is 1. The minimum absolute atomic E-state index is 0.203. The smallest absolute Gasteiger partial charge is 0.251 e. The van der Waals surface area contributed by atoms with Crippen molar-refractivity contribution in [2.45, 2.75) is 6.42 Å². The zero-order chi connectivity index (χ0) is 14.5. The fraction of sp³-hybridized carbons (Fsp3) is 0.133. The molecule has 0 atom stereocenters. The Morgan fingerprint density at radius 1 is 1.15 bits per heavy atom. The van der Waals surface area contributed by atoms with Gasteiger partial charge in [0.05, 0.1) is 0 Å². The number of benzene rings is 2. The van der Waals surface area contributed by atoms with Crippen LogP contribution in [0.3, 0.4) is 0 Å². The molecule has 2 aromatic rings. The van der Waals surface area contributed by atoms with Crippen molar-refractivity contribution >= 4 is 29.1 Å². The maximum Gasteiger partial charge on any atom is 0.251 e. The molecule has 0 aliphatic heterocycles. The van der Waals surface area contributed by atoms with E-state index in [0.717, 1.165) is 5.56 Å². The van der Waals surface area contributed by atoms with Crippen LogP contribution in [0.15, 0.2) is 42.5 Å². The first-order valence-corrected chi connectivity index (χ1v) is 6.79. The summed E-state index contributed by atoms with van der Waals surface area (Å²) < 4.78 is 12.9. The van der Waals surface area contributed by atoms with E-state index in [1.807, 2.05) is 0 Å². The summed E-state index contributed by atoms with van der Waals surface area (Å²) in [5.41, 5.74) is 1.29. The minimum atomic E-state index is -0.373. The maximum absolute atomic E-state index is 12.9. The molecule has 0 spiro atoms. The average Bonchev–Trinajstić information content (AvgIpc) is 2.41. The molecule has 20 heavy (non-hydrogen) atoms. The molecule has 0 unspecified atom stereocenters. The lowest BCUT2D eigenvalue weighted by Crippen LogP contribution is -2.25. The van der Waals surface area contributed by atoms with Crippen molar-refractivity contribution in [2.24, 2.45) is 0 Å². The number of hydrogen-bond donors (Lipinski definition) is 1. The fourth-order valence-electron chi connectivity index (χ4n) is 1.77. The summed E-state index contributed by atoms with van der Waals surface area (Å²) in [7, 11) is 0. The van der Waals surface area contributed by atoms with Crippen LogP contribution in [0, 0.1) is 5.82 Å². The first kappa shape index (κ1) is 14.8.